The van der Waals surface area contributed by atoms with Crippen LogP contribution in [0.4, 0.5) is 0 Å². The molecule has 0 atom stereocenters. The third-order valence-electron chi connectivity index (χ3n) is 3.97. The van der Waals surface area contributed by atoms with Gasteiger partial charge in [0.25, 0.3) is 0 Å². The minimum Gasteiger partial charge on any atom is -0.300 e. The molecule has 18 heavy (non-hydrogen) atoms. The van der Waals surface area contributed by atoms with Crippen LogP contribution in [0.1, 0.15) is 49.4 Å². The predicted molar refractivity (Wildman–Crippen MR) is 74.9 cm³/mol. The van der Waals surface area contributed by atoms with E-state index in [1.165, 1.54) is 25.7 Å². The maximum absolute atomic E-state index is 12.1. The van der Waals surface area contributed by atoms with Crippen molar-refractivity contribution < 1.29 is 4.79 Å². The highest BCUT2D eigenvalue weighted by molar-refractivity contribution is 5.96. The van der Waals surface area contributed by atoms with E-state index in [0.717, 1.165) is 24.7 Å². The molecule has 0 saturated heterocycles. The molecule has 0 aliphatic heterocycles. The van der Waals surface area contributed by atoms with Crippen LogP contribution in [0.3, 0.4) is 0 Å². The summed E-state index contributed by atoms with van der Waals surface area (Å²) in [7, 11) is 0. The summed E-state index contributed by atoms with van der Waals surface area (Å²) in [4.78, 5) is 14.5. The van der Waals surface area contributed by atoms with E-state index in [2.05, 4.69) is 11.8 Å². The van der Waals surface area contributed by atoms with Gasteiger partial charge in [-0.15, -0.1) is 0 Å². The monoisotopic (exact) mass is 245 g/mol. The van der Waals surface area contributed by atoms with E-state index in [0.29, 0.717) is 6.42 Å². The number of hydrogen-bond donors (Lipinski definition) is 0. The van der Waals surface area contributed by atoms with Gasteiger partial charge in [0.15, 0.2) is 5.78 Å². The average Bonchev–Trinajstić information content (AvgIpc) is 2.94. The van der Waals surface area contributed by atoms with E-state index in [1.807, 2.05) is 30.3 Å². The van der Waals surface area contributed by atoms with Crippen molar-refractivity contribution in [1.29, 1.82) is 0 Å². The van der Waals surface area contributed by atoms with Gasteiger partial charge >= 0.3 is 0 Å². The van der Waals surface area contributed by atoms with Gasteiger partial charge in [-0.2, -0.15) is 0 Å². The zero-order chi connectivity index (χ0) is 12.8. The van der Waals surface area contributed by atoms with Gasteiger partial charge < -0.3 is 4.90 Å². The zero-order valence-electron chi connectivity index (χ0n) is 11.3. The second kappa shape index (κ2) is 6.69. The van der Waals surface area contributed by atoms with Crippen LogP contribution in [-0.2, 0) is 0 Å². The number of carbonyl (C=O) groups excluding carboxylic acids is 1. The summed E-state index contributed by atoms with van der Waals surface area (Å²) in [5.41, 5.74) is 0.847. The largest absolute Gasteiger partial charge is 0.300 e. The molecule has 2 nitrogen and oxygen atoms in total. The van der Waals surface area contributed by atoms with Crippen molar-refractivity contribution >= 4 is 5.78 Å². The quantitative estimate of drug-likeness (QED) is 0.715. The molecular formula is C16H23NO. The third-order valence-corrected chi connectivity index (χ3v) is 3.97. The van der Waals surface area contributed by atoms with Gasteiger partial charge in [-0.1, -0.05) is 50.1 Å². The molecule has 0 heterocycles. The van der Waals surface area contributed by atoms with Crippen molar-refractivity contribution in [3.8, 4) is 0 Å². The van der Waals surface area contributed by atoms with E-state index < -0.39 is 0 Å². The lowest BCUT2D eigenvalue weighted by molar-refractivity contribution is 0.0953. The maximum Gasteiger partial charge on any atom is 0.164 e. The fourth-order valence-corrected chi connectivity index (χ4v) is 2.88. The molecule has 1 saturated carbocycles. The van der Waals surface area contributed by atoms with Crippen molar-refractivity contribution in [3.63, 3.8) is 0 Å². The normalized spacial score (nSPS) is 16.3. The Hall–Kier alpha value is -1.15. The molecule has 1 aromatic rings. The highest BCUT2D eigenvalue weighted by Crippen LogP contribution is 2.23. The van der Waals surface area contributed by atoms with Gasteiger partial charge in [-0.25, -0.2) is 0 Å². The van der Waals surface area contributed by atoms with Gasteiger partial charge in [-0.05, 0) is 19.4 Å². The lowest BCUT2D eigenvalue weighted by atomic mass is 10.1. The van der Waals surface area contributed by atoms with Crippen molar-refractivity contribution in [3.05, 3.63) is 35.9 Å². The first-order valence-electron chi connectivity index (χ1n) is 7.13. The van der Waals surface area contributed by atoms with E-state index in [4.69, 9.17) is 0 Å². The van der Waals surface area contributed by atoms with E-state index in [9.17, 15) is 4.79 Å². The molecule has 2 rings (SSSR count). The van der Waals surface area contributed by atoms with Crippen LogP contribution in [0.2, 0.25) is 0 Å². The summed E-state index contributed by atoms with van der Waals surface area (Å²) in [6.07, 6.45) is 5.98. The van der Waals surface area contributed by atoms with Crippen LogP contribution in [0.5, 0.6) is 0 Å². The van der Waals surface area contributed by atoms with Crippen LogP contribution < -0.4 is 0 Å². The van der Waals surface area contributed by atoms with E-state index in [1.54, 1.807) is 0 Å². The van der Waals surface area contributed by atoms with Crippen molar-refractivity contribution in [2.24, 2.45) is 0 Å². The Morgan fingerprint density at radius 1 is 1.22 bits per heavy atom. The van der Waals surface area contributed by atoms with E-state index >= 15 is 0 Å². The molecule has 0 amide bonds. The zero-order valence-corrected chi connectivity index (χ0v) is 11.3. The molecular weight excluding hydrogens is 222 g/mol. The minimum absolute atomic E-state index is 0.270. The molecule has 0 radical (unpaired) electrons. The Morgan fingerprint density at radius 2 is 1.89 bits per heavy atom. The van der Waals surface area contributed by atoms with Crippen LogP contribution in [0, 0.1) is 0 Å². The molecule has 0 unspecified atom stereocenters. The molecule has 2 heteroatoms. The molecule has 0 aromatic heterocycles. The van der Waals surface area contributed by atoms with Gasteiger partial charge in [0.2, 0.25) is 0 Å². The van der Waals surface area contributed by atoms with Gasteiger partial charge in [0, 0.05) is 24.6 Å². The van der Waals surface area contributed by atoms with Gasteiger partial charge in [0.05, 0.1) is 0 Å². The molecule has 0 bridgehead atoms. The number of ketones is 1. The number of rotatable bonds is 6. The first-order valence-corrected chi connectivity index (χ1v) is 7.13. The summed E-state index contributed by atoms with van der Waals surface area (Å²) in [6.45, 7) is 4.17. The lowest BCUT2D eigenvalue weighted by Crippen LogP contribution is -2.34. The minimum atomic E-state index is 0.270. The number of nitrogens with zero attached hydrogens (tertiary/aromatic N) is 1. The lowest BCUT2D eigenvalue weighted by Gasteiger charge is -2.27. The molecule has 0 spiro atoms. The molecule has 1 aliphatic carbocycles. The molecule has 1 aliphatic rings. The first-order chi connectivity index (χ1) is 8.81. The summed E-state index contributed by atoms with van der Waals surface area (Å²) in [6, 6.07) is 10.4. The topological polar surface area (TPSA) is 20.3 Å². The highest BCUT2D eigenvalue weighted by atomic mass is 16.1. The highest BCUT2D eigenvalue weighted by Gasteiger charge is 2.21. The fraction of sp³-hybridized carbons (Fsp3) is 0.562. The summed E-state index contributed by atoms with van der Waals surface area (Å²) >= 11 is 0. The Morgan fingerprint density at radius 3 is 2.50 bits per heavy atom. The SMILES string of the molecule is CCN(CCC(=O)c1ccccc1)C1CCCC1. The van der Waals surface area contributed by atoms with E-state index in [-0.39, 0.29) is 5.78 Å². The van der Waals surface area contributed by atoms with Crippen molar-refractivity contribution in [2.75, 3.05) is 13.1 Å². The van der Waals surface area contributed by atoms with Crippen LogP contribution in [0.15, 0.2) is 30.3 Å². The second-order valence-corrected chi connectivity index (χ2v) is 5.11. The van der Waals surface area contributed by atoms with Crippen molar-refractivity contribution in [2.45, 2.75) is 45.1 Å². The molecule has 1 aromatic carbocycles. The Labute approximate surface area is 110 Å². The maximum atomic E-state index is 12.1. The third kappa shape index (κ3) is 3.42. The van der Waals surface area contributed by atoms with Crippen LogP contribution in [0.25, 0.3) is 0 Å². The Bertz CT molecular complexity index is 368. The standard InChI is InChI=1S/C16H23NO/c1-2-17(15-10-6-7-11-15)13-12-16(18)14-8-4-3-5-9-14/h3-5,8-9,15H,2,6-7,10-13H2,1H3. The summed E-state index contributed by atoms with van der Waals surface area (Å²) in [5.74, 6) is 0.270. The number of hydrogen-bond acceptors (Lipinski definition) is 2. The number of carbonyl (C=O) groups is 1. The van der Waals surface area contributed by atoms with Crippen molar-refractivity contribution in [1.82, 2.24) is 4.90 Å². The van der Waals surface area contributed by atoms with Crippen LogP contribution >= 0.6 is 0 Å². The Balaban J connectivity index is 1.84. The first kappa shape index (κ1) is 13.3. The predicted octanol–water partition coefficient (Wildman–Crippen LogP) is 3.52. The molecule has 1 fully saturated rings. The number of benzene rings is 1. The fourth-order valence-electron chi connectivity index (χ4n) is 2.88. The van der Waals surface area contributed by atoms with Gasteiger partial charge in [-0.3, -0.25) is 4.79 Å². The summed E-state index contributed by atoms with van der Waals surface area (Å²) < 4.78 is 0. The molecule has 98 valence electrons. The average molecular weight is 245 g/mol. The number of Topliss-reactive ketones (excluding diaryl/α,β-unsaturated/α-hetero) is 1. The molecule has 0 N–H and O–H groups in total. The smallest absolute Gasteiger partial charge is 0.164 e. The summed E-state index contributed by atoms with van der Waals surface area (Å²) in [5, 5.41) is 0. The second-order valence-electron chi connectivity index (χ2n) is 5.11. The Kier molecular flexibility index (Phi) is 4.94. The van der Waals surface area contributed by atoms with Gasteiger partial charge in [0.1, 0.15) is 0 Å². The van der Waals surface area contributed by atoms with Crippen LogP contribution in [-0.4, -0.2) is 29.8 Å².